The van der Waals surface area contributed by atoms with Gasteiger partial charge >= 0.3 is 0 Å². The van der Waals surface area contributed by atoms with Crippen molar-refractivity contribution in [2.45, 2.75) is 19.4 Å². The van der Waals surface area contributed by atoms with Crippen LogP contribution in [-0.2, 0) is 0 Å². The van der Waals surface area contributed by atoms with Gasteiger partial charge in [-0.3, -0.25) is 0 Å². The van der Waals surface area contributed by atoms with Crippen LogP contribution in [0.2, 0.25) is 0 Å². The first-order chi connectivity index (χ1) is 7.04. The van der Waals surface area contributed by atoms with Crippen molar-refractivity contribution in [1.29, 1.82) is 0 Å². The molecule has 1 rings (SSSR count). The van der Waals surface area contributed by atoms with Gasteiger partial charge in [-0.1, -0.05) is 11.6 Å². The van der Waals surface area contributed by atoms with Gasteiger partial charge in [0.15, 0.2) is 0 Å². The fourth-order valence-electron chi connectivity index (χ4n) is 1.41. The van der Waals surface area contributed by atoms with Crippen LogP contribution in [0.4, 0.5) is 0 Å². The Morgan fingerprint density at radius 1 is 1.56 bits per heavy atom. The van der Waals surface area contributed by atoms with E-state index in [2.05, 4.69) is 22.5 Å². The fourth-order valence-corrected chi connectivity index (χ4v) is 1.96. The molecule has 0 saturated carbocycles. The first kappa shape index (κ1) is 15.5. The van der Waals surface area contributed by atoms with E-state index in [1.165, 1.54) is 0 Å². The van der Waals surface area contributed by atoms with Crippen molar-refractivity contribution in [3.05, 3.63) is 40.4 Å². The largest absolute Gasteiger partial charge is 0.496 e. The molecule has 1 aromatic rings. The van der Waals surface area contributed by atoms with E-state index in [-0.39, 0.29) is 18.4 Å². The lowest BCUT2D eigenvalue weighted by molar-refractivity contribution is 0.412. The van der Waals surface area contributed by atoms with Crippen LogP contribution in [0, 0.1) is 0 Å². The SMILES string of the molecule is C=C(C)C[C@@H](N)c1ccc(OC)c(Br)c1.Cl. The van der Waals surface area contributed by atoms with E-state index in [0.29, 0.717) is 0 Å². The van der Waals surface area contributed by atoms with Gasteiger partial charge < -0.3 is 10.5 Å². The Kier molecular flexibility index (Phi) is 6.72. The molecule has 1 atom stereocenters. The minimum absolute atomic E-state index is 0. The lowest BCUT2D eigenvalue weighted by atomic mass is 10.0. The Labute approximate surface area is 111 Å². The molecule has 0 aliphatic carbocycles. The third-order valence-corrected chi connectivity index (χ3v) is 2.79. The molecule has 0 spiro atoms. The molecule has 0 aliphatic heterocycles. The number of halogens is 2. The molecule has 0 saturated heterocycles. The predicted molar refractivity (Wildman–Crippen MR) is 74.3 cm³/mol. The van der Waals surface area contributed by atoms with E-state index in [1.807, 2.05) is 25.1 Å². The van der Waals surface area contributed by atoms with Crippen LogP contribution in [0.15, 0.2) is 34.8 Å². The Bertz CT molecular complexity index is 368. The molecule has 1 aromatic carbocycles. The minimum atomic E-state index is 0. The zero-order valence-corrected chi connectivity index (χ0v) is 11.9. The van der Waals surface area contributed by atoms with E-state index in [9.17, 15) is 0 Å². The van der Waals surface area contributed by atoms with Crippen molar-refractivity contribution in [2.75, 3.05) is 7.11 Å². The average molecular weight is 307 g/mol. The number of ether oxygens (including phenoxy) is 1. The van der Waals surface area contributed by atoms with Crippen LogP contribution in [-0.4, -0.2) is 7.11 Å². The lowest BCUT2D eigenvalue weighted by Crippen LogP contribution is -2.10. The highest BCUT2D eigenvalue weighted by molar-refractivity contribution is 9.10. The van der Waals surface area contributed by atoms with Gasteiger partial charge in [0.05, 0.1) is 11.6 Å². The molecule has 0 bridgehead atoms. The average Bonchev–Trinajstić information content (AvgIpc) is 2.16. The van der Waals surface area contributed by atoms with Crippen LogP contribution in [0.1, 0.15) is 24.9 Å². The van der Waals surface area contributed by atoms with Crippen molar-refractivity contribution in [1.82, 2.24) is 0 Å². The van der Waals surface area contributed by atoms with Gasteiger partial charge in [-0.05, 0) is 47.0 Å². The van der Waals surface area contributed by atoms with Crippen molar-refractivity contribution in [2.24, 2.45) is 5.73 Å². The summed E-state index contributed by atoms with van der Waals surface area (Å²) in [6, 6.07) is 5.89. The fraction of sp³-hybridized carbons (Fsp3) is 0.333. The normalized spacial score (nSPS) is 11.5. The molecule has 2 N–H and O–H groups in total. The van der Waals surface area contributed by atoms with E-state index < -0.39 is 0 Å². The summed E-state index contributed by atoms with van der Waals surface area (Å²) in [7, 11) is 1.65. The van der Waals surface area contributed by atoms with Crippen LogP contribution in [0.3, 0.4) is 0 Å². The number of methoxy groups -OCH3 is 1. The van der Waals surface area contributed by atoms with E-state index in [0.717, 1.165) is 27.8 Å². The van der Waals surface area contributed by atoms with E-state index in [4.69, 9.17) is 10.5 Å². The highest BCUT2D eigenvalue weighted by Gasteiger charge is 2.08. The summed E-state index contributed by atoms with van der Waals surface area (Å²) in [5.74, 6) is 0.821. The van der Waals surface area contributed by atoms with Crippen molar-refractivity contribution < 1.29 is 4.74 Å². The van der Waals surface area contributed by atoms with Gasteiger partial charge in [0.25, 0.3) is 0 Å². The number of nitrogens with two attached hydrogens (primary N) is 1. The van der Waals surface area contributed by atoms with Gasteiger partial charge in [0, 0.05) is 6.04 Å². The van der Waals surface area contributed by atoms with Gasteiger partial charge in [-0.2, -0.15) is 0 Å². The van der Waals surface area contributed by atoms with Crippen molar-refractivity contribution in [3.8, 4) is 5.75 Å². The second kappa shape index (κ2) is 6.94. The lowest BCUT2D eigenvalue weighted by Gasteiger charge is -2.13. The van der Waals surface area contributed by atoms with Gasteiger partial charge in [-0.25, -0.2) is 0 Å². The highest BCUT2D eigenvalue weighted by Crippen LogP contribution is 2.28. The molecular formula is C12H17BrClNO. The molecule has 0 unspecified atom stereocenters. The van der Waals surface area contributed by atoms with Crippen LogP contribution >= 0.6 is 28.3 Å². The number of hydrogen-bond acceptors (Lipinski definition) is 2. The van der Waals surface area contributed by atoms with Gasteiger partial charge in [-0.15, -0.1) is 19.0 Å². The predicted octanol–water partition coefficient (Wildman–Crippen LogP) is 3.85. The van der Waals surface area contributed by atoms with E-state index in [1.54, 1.807) is 7.11 Å². The van der Waals surface area contributed by atoms with E-state index >= 15 is 0 Å². The second-order valence-electron chi connectivity index (χ2n) is 3.66. The zero-order chi connectivity index (χ0) is 11.4. The summed E-state index contributed by atoms with van der Waals surface area (Å²) < 4.78 is 6.09. The first-order valence-electron chi connectivity index (χ1n) is 4.78. The third-order valence-electron chi connectivity index (χ3n) is 2.17. The summed E-state index contributed by atoms with van der Waals surface area (Å²) in [5.41, 5.74) is 8.21. The van der Waals surface area contributed by atoms with Crippen molar-refractivity contribution >= 4 is 28.3 Å². The van der Waals surface area contributed by atoms with Crippen LogP contribution in [0.25, 0.3) is 0 Å². The Morgan fingerprint density at radius 3 is 2.62 bits per heavy atom. The highest BCUT2D eigenvalue weighted by atomic mass is 79.9. The molecule has 90 valence electrons. The molecule has 16 heavy (non-hydrogen) atoms. The number of benzene rings is 1. The molecule has 0 aliphatic rings. The maximum Gasteiger partial charge on any atom is 0.133 e. The van der Waals surface area contributed by atoms with Gasteiger partial charge in [0.2, 0.25) is 0 Å². The summed E-state index contributed by atoms with van der Waals surface area (Å²) in [6.45, 7) is 5.84. The quantitative estimate of drug-likeness (QED) is 0.858. The monoisotopic (exact) mass is 305 g/mol. The molecule has 2 nitrogen and oxygen atoms in total. The minimum Gasteiger partial charge on any atom is -0.496 e. The topological polar surface area (TPSA) is 35.2 Å². The molecule has 0 heterocycles. The summed E-state index contributed by atoms with van der Waals surface area (Å²) >= 11 is 3.44. The Hall–Kier alpha value is -0.510. The molecule has 0 radical (unpaired) electrons. The molecule has 0 aromatic heterocycles. The standard InChI is InChI=1S/C12H16BrNO.ClH/c1-8(2)6-11(14)9-4-5-12(15-3)10(13)7-9;/h4-5,7,11H,1,6,14H2,2-3H3;1H/t11-;/m1./s1. The number of rotatable bonds is 4. The second-order valence-corrected chi connectivity index (χ2v) is 4.52. The van der Waals surface area contributed by atoms with Crippen LogP contribution < -0.4 is 10.5 Å². The molecule has 0 amide bonds. The first-order valence-corrected chi connectivity index (χ1v) is 5.57. The smallest absolute Gasteiger partial charge is 0.133 e. The Balaban J connectivity index is 0.00000225. The molecule has 0 fully saturated rings. The molecule has 4 heteroatoms. The third kappa shape index (κ3) is 4.16. The van der Waals surface area contributed by atoms with Crippen LogP contribution in [0.5, 0.6) is 5.75 Å². The Morgan fingerprint density at radius 2 is 2.19 bits per heavy atom. The maximum atomic E-state index is 6.03. The summed E-state index contributed by atoms with van der Waals surface area (Å²) in [4.78, 5) is 0. The maximum absolute atomic E-state index is 6.03. The van der Waals surface area contributed by atoms with Crippen molar-refractivity contribution in [3.63, 3.8) is 0 Å². The van der Waals surface area contributed by atoms with Gasteiger partial charge in [0.1, 0.15) is 5.75 Å². The number of hydrogen-bond donors (Lipinski definition) is 1. The summed E-state index contributed by atoms with van der Waals surface area (Å²) in [6.07, 6.45) is 0.804. The zero-order valence-electron chi connectivity index (χ0n) is 9.50. The summed E-state index contributed by atoms with van der Waals surface area (Å²) in [5, 5.41) is 0. The molecular weight excluding hydrogens is 289 g/mol.